The number of hydrogen-bond donors (Lipinski definition) is 2. The molecule has 1 aromatic carbocycles. The summed E-state index contributed by atoms with van der Waals surface area (Å²) in [5.74, 6) is -0.344. The van der Waals surface area contributed by atoms with Gasteiger partial charge >= 0.3 is 6.09 Å². The summed E-state index contributed by atoms with van der Waals surface area (Å²) in [5, 5.41) is 11.7. The summed E-state index contributed by atoms with van der Waals surface area (Å²) < 4.78 is 18.0. The van der Waals surface area contributed by atoms with Crippen molar-refractivity contribution in [1.82, 2.24) is 5.32 Å². The van der Waals surface area contributed by atoms with Crippen LogP contribution in [0.5, 0.6) is 0 Å². The fourth-order valence-corrected chi connectivity index (χ4v) is 1.60. The molecule has 19 heavy (non-hydrogen) atoms. The highest BCUT2D eigenvalue weighted by atomic mass is 19.1. The van der Waals surface area contributed by atoms with Crippen molar-refractivity contribution in [2.75, 3.05) is 6.61 Å². The van der Waals surface area contributed by atoms with Gasteiger partial charge in [0.05, 0.1) is 6.04 Å². The van der Waals surface area contributed by atoms with E-state index in [2.05, 4.69) is 5.32 Å². The van der Waals surface area contributed by atoms with Crippen LogP contribution in [0, 0.1) is 5.82 Å². The molecule has 0 unspecified atom stereocenters. The summed E-state index contributed by atoms with van der Waals surface area (Å²) in [7, 11) is 0. The van der Waals surface area contributed by atoms with Crippen molar-refractivity contribution in [3.8, 4) is 0 Å². The van der Waals surface area contributed by atoms with E-state index in [4.69, 9.17) is 9.84 Å². The first-order chi connectivity index (χ1) is 8.81. The highest BCUT2D eigenvalue weighted by Crippen LogP contribution is 2.18. The van der Waals surface area contributed by atoms with E-state index in [1.807, 2.05) is 0 Å². The van der Waals surface area contributed by atoms with E-state index in [1.54, 1.807) is 32.9 Å². The van der Waals surface area contributed by atoms with E-state index in [1.165, 1.54) is 12.1 Å². The normalized spacial score (nSPS) is 12.9. The van der Waals surface area contributed by atoms with Gasteiger partial charge in [-0.2, -0.15) is 0 Å². The van der Waals surface area contributed by atoms with E-state index in [0.29, 0.717) is 6.42 Å². The van der Waals surface area contributed by atoms with Gasteiger partial charge in [-0.25, -0.2) is 9.18 Å². The van der Waals surface area contributed by atoms with Crippen LogP contribution in [0.1, 0.15) is 38.8 Å². The first-order valence-electron chi connectivity index (χ1n) is 6.17. The molecule has 0 saturated heterocycles. The summed E-state index contributed by atoms with van der Waals surface area (Å²) in [5.41, 5.74) is 0.137. The lowest BCUT2D eigenvalue weighted by molar-refractivity contribution is 0.0496. The lowest BCUT2D eigenvalue weighted by atomic mass is 10.0. The maximum absolute atomic E-state index is 12.9. The molecule has 0 radical (unpaired) electrons. The lowest BCUT2D eigenvalue weighted by Gasteiger charge is -2.23. The van der Waals surface area contributed by atoms with Crippen molar-refractivity contribution in [1.29, 1.82) is 0 Å². The Hall–Kier alpha value is -1.62. The molecule has 106 valence electrons. The highest BCUT2D eigenvalue weighted by Gasteiger charge is 2.20. The van der Waals surface area contributed by atoms with Crippen LogP contribution in [-0.4, -0.2) is 23.4 Å². The van der Waals surface area contributed by atoms with Gasteiger partial charge in [0.15, 0.2) is 0 Å². The van der Waals surface area contributed by atoms with Crippen molar-refractivity contribution in [3.63, 3.8) is 0 Å². The Kier molecular flexibility index (Phi) is 5.30. The second kappa shape index (κ2) is 6.52. The number of amides is 1. The van der Waals surface area contributed by atoms with E-state index in [0.717, 1.165) is 5.56 Å². The maximum atomic E-state index is 12.9. The molecule has 0 saturated carbocycles. The van der Waals surface area contributed by atoms with Crippen molar-refractivity contribution in [2.45, 2.75) is 38.8 Å². The van der Waals surface area contributed by atoms with Crippen molar-refractivity contribution in [3.05, 3.63) is 35.6 Å². The third-order valence-electron chi connectivity index (χ3n) is 2.38. The van der Waals surface area contributed by atoms with Crippen LogP contribution in [0.4, 0.5) is 9.18 Å². The van der Waals surface area contributed by atoms with Crippen LogP contribution < -0.4 is 5.32 Å². The molecule has 5 heteroatoms. The second-order valence-electron chi connectivity index (χ2n) is 5.26. The van der Waals surface area contributed by atoms with Crippen LogP contribution in [-0.2, 0) is 4.74 Å². The summed E-state index contributed by atoms with van der Waals surface area (Å²) in [4.78, 5) is 11.7. The van der Waals surface area contributed by atoms with Crippen molar-refractivity contribution >= 4 is 6.09 Å². The third-order valence-corrected chi connectivity index (χ3v) is 2.38. The molecule has 0 spiro atoms. The SMILES string of the molecule is CC(C)(C)OC(=O)N[C@H](CCO)c1ccc(F)cc1. The summed E-state index contributed by atoms with van der Waals surface area (Å²) in [6.07, 6.45) is -0.222. The Bertz CT molecular complexity index is 412. The van der Waals surface area contributed by atoms with Gasteiger partial charge in [-0.3, -0.25) is 0 Å². The van der Waals surface area contributed by atoms with Gasteiger partial charge in [0.1, 0.15) is 11.4 Å². The molecule has 1 rings (SSSR count). The Balaban J connectivity index is 2.73. The predicted octanol–water partition coefficient (Wildman–Crippen LogP) is 2.77. The minimum atomic E-state index is -0.587. The van der Waals surface area contributed by atoms with Crippen LogP contribution >= 0.6 is 0 Å². The molecule has 0 aliphatic rings. The number of carbonyl (C=O) groups excluding carboxylic acids is 1. The lowest BCUT2D eigenvalue weighted by Crippen LogP contribution is -2.35. The Morgan fingerprint density at radius 3 is 2.42 bits per heavy atom. The first-order valence-corrected chi connectivity index (χ1v) is 6.17. The van der Waals surface area contributed by atoms with Gasteiger partial charge in [-0.15, -0.1) is 0 Å². The van der Waals surface area contributed by atoms with E-state index in [9.17, 15) is 9.18 Å². The number of alkyl carbamates (subject to hydrolysis) is 1. The fourth-order valence-electron chi connectivity index (χ4n) is 1.60. The number of nitrogens with one attached hydrogen (secondary N) is 1. The fraction of sp³-hybridized carbons (Fsp3) is 0.500. The predicted molar refractivity (Wildman–Crippen MR) is 70.2 cm³/mol. The first kappa shape index (κ1) is 15.4. The number of hydrogen-bond acceptors (Lipinski definition) is 3. The molecular weight excluding hydrogens is 249 g/mol. The monoisotopic (exact) mass is 269 g/mol. The largest absolute Gasteiger partial charge is 0.444 e. The van der Waals surface area contributed by atoms with Crippen molar-refractivity contribution < 1.29 is 19.0 Å². The van der Waals surface area contributed by atoms with Gasteiger partial charge in [0, 0.05) is 6.61 Å². The Labute approximate surface area is 112 Å². The molecule has 0 aliphatic heterocycles. The van der Waals surface area contributed by atoms with Crippen LogP contribution in [0.15, 0.2) is 24.3 Å². The van der Waals surface area contributed by atoms with Gasteiger partial charge < -0.3 is 15.2 Å². The number of ether oxygens (including phenoxy) is 1. The number of aliphatic hydroxyl groups is 1. The Morgan fingerprint density at radius 2 is 1.95 bits per heavy atom. The molecule has 4 nitrogen and oxygen atoms in total. The van der Waals surface area contributed by atoms with E-state index >= 15 is 0 Å². The average molecular weight is 269 g/mol. The summed E-state index contributed by atoms with van der Waals surface area (Å²) in [6.45, 7) is 5.22. The zero-order valence-corrected chi connectivity index (χ0v) is 11.4. The van der Waals surface area contributed by atoms with Gasteiger partial charge in [-0.1, -0.05) is 12.1 Å². The third kappa shape index (κ3) is 5.70. The molecule has 0 bridgehead atoms. The van der Waals surface area contributed by atoms with Gasteiger partial charge in [0.25, 0.3) is 0 Å². The molecule has 1 amide bonds. The van der Waals surface area contributed by atoms with Crippen LogP contribution in [0.25, 0.3) is 0 Å². The number of halogens is 1. The summed E-state index contributed by atoms with van der Waals surface area (Å²) in [6, 6.07) is 5.38. The smallest absolute Gasteiger partial charge is 0.408 e. The molecular formula is C14H20FNO3. The average Bonchev–Trinajstić information content (AvgIpc) is 2.27. The van der Waals surface area contributed by atoms with Crippen LogP contribution in [0.2, 0.25) is 0 Å². The number of aliphatic hydroxyl groups excluding tert-OH is 1. The maximum Gasteiger partial charge on any atom is 0.408 e. The minimum Gasteiger partial charge on any atom is -0.444 e. The Morgan fingerprint density at radius 1 is 1.37 bits per heavy atom. The molecule has 0 aliphatic carbocycles. The minimum absolute atomic E-state index is 0.0855. The molecule has 0 aromatic heterocycles. The van der Waals surface area contributed by atoms with Gasteiger partial charge in [-0.05, 0) is 44.9 Å². The molecule has 1 atom stereocenters. The standard InChI is InChI=1S/C14H20FNO3/c1-14(2,3)19-13(18)16-12(8-9-17)10-4-6-11(15)7-5-10/h4-7,12,17H,8-9H2,1-3H3,(H,16,18)/t12-/m1/s1. The molecule has 0 fully saturated rings. The zero-order chi connectivity index (χ0) is 14.5. The second-order valence-corrected chi connectivity index (χ2v) is 5.26. The molecule has 0 heterocycles. The molecule has 2 N–H and O–H groups in total. The zero-order valence-electron chi connectivity index (χ0n) is 11.4. The number of benzene rings is 1. The van der Waals surface area contributed by atoms with Crippen molar-refractivity contribution in [2.24, 2.45) is 0 Å². The van der Waals surface area contributed by atoms with Gasteiger partial charge in [0.2, 0.25) is 0 Å². The van der Waals surface area contributed by atoms with E-state index < -0.39 is 17.7 Å². The summed E-state index contributed by atoms with van der Waals surface area (Å²) >= 11 is 0. The van der Waals surface area contributed by atoms with Crippen LogP contribution in [0.3, 0.4) is 0 Å². The van der Waals surface area contributed by atoms with E-state index in [-0.39, 0.29) is 12.4 Å². The number of rotatable bonds is 4. The molecule has 1 aromatic rings. The highest BCUT2D eigenvalue weighted by molar-refractivity contribution is 5.68. The number of carbonyl (C=O) groups is 1. The topological polar surface area (TPSA) is 58.6 Å². The quantitative estimate of drug-likeness (QED) is 0.883.